The van der Waals surface area contributed by atoms with Crippen LogP contribution in [0.25, 0.3) is 11.4 Å². The maximum Gasteiger partial charge on any atom is 0.160 e. The summed E-state index contributed by atoms with van der Waals surface area (Å²) in [6.07, 6.45) is 6.90. The van der Waals surface area contributed by atoms with E-state index in [9.17, 15) is 4.55 Å². The lowest BCUT2D eigenvalue weighted by Gasteiger charge is -2.26. The molecule has 2 heterocycles. The molecular formula is C15H20N4OS. The third kappa shape index (κ3) is 4.23. The molecule has 2 aromatic heterocycles. The van der Waals surface area contributed by atoms with E-state index < -0.39 is 11.4 Å². The Hall–Kier alpha value is -1.50. The van der Waals surface area contributed by atoms with Crippen molar-refractivity contribution in [2.75, 3.05) is 0 Å². The van der Waals surface area contributed by atoms with Crippen LogP contribution in [0.2, 0.25) is 0 Å². The van der Waals surface area contributed by atoms with Crippen LogP contribution in [0.4, 0.5) is 0 Å². The highest BCUT2D eigenvalue weighted by Gasteiger charge is 2.28. The molecule has 6 heteroatoms. The van der Waals surface area contributed by atoms with Crippen molar-refractivity contribution in [2.24, 2.45) is 0 Å². The van der Waals surface area contributed by atoms with Crippen molar-refractivity contribution in [3.8, 4) is 11.4 Å². The van der Waals surface area contributed by atoms with Gasteiger partial charge in [-0.05, 0) is 45.4 Å². The summed E-state index contributed by atoms with van der Waals surface area (Å²) in [4.78, 5) is 12.7. The van der Waals surface area contributed by atoms with Gasteiger partial charge in [-0.15, -0.1) is 4.72 Å². The van der Waals surface area contributed by atoms with Crippen LogP contribution in [-0.2, 0) is 11.4 Å². The highest BCUT2D eigenvalue weighted by molar-refractivity contribution is 7.90. The summed E-state index contributed by atoms with van der Waals surface area (Å²) in [6.45, 7) is 7.79. The molecule has 0 radical (unpaired) electrons. The third-order valence-electron chi connectivity index (χ3n) is 2.92. The van der Waals surface area contributed by atoms with Gasteiger partial charge in [0.2, 0.25) is 0 Å². The monoisotopic (exact) mass is 304 g/mol. The zero-order valence-corrected chi connectivity index (χ0v) is 13.5. The highest BCUT2D eigenvalue weighted by atomic mass is 32.2. The van der Waals surface area contributed by atoms with Crippen LogP contribution in [-0.4, -0.2) is 24.3 Å². The molecule has 0 amide bonds. The molecule has 21 heavy (non-hydrogen) atoms. The second kappa shape index (κ2) is 6.51. The van der Waals surface area contributed by atoms with Gasteiger partial charge in [0.15, 0.2) is 5.82 Å². The first kappa shape index (κ1) is 15.9. The summed E-state index contributed by atoms with van der Waals surface area (Å²) < 4.78 is 15.0. The van der Waals surface area contributed by atoms with Crippen LogP contribution in [0.1, 0.15) is 39.3 Å². The number of hydrogen-bond acceptors (Lipinski definition) is 5. The Labute approximate surface area is 128 Å². The van der Waals surface area contributed by atoms with E-state index in [0.29, 0.717) is 5.82 Å². The fraction of sp³-hybridized carbons (Fsp3) is 0.400. The minimum absolute atomic E-state index is 0.0683. The van der Waals surface area contributed by atoms with Crippen molar-refractivity contribution >= 4 is 11.4 Å². The molecule has 2 aromatic rings. The third-order valence-corrected chi connectivity index (χ3v) is 4.60. The molecule has 1 unspecified atom stereocenters. The fourth-order valence-electron chi connectivity index (χ4n) is 1.67. The highest BCUT2D eigenvalue weighted by Crippen LogP contribution is 2.22. The standard InChI is InChI=1S/C15H20N4OS/c1-11(19-21(20)15(2,3)4)12-8-13(10-16-9-12)14-17-6-5-7-18-14/h5-11,19H,1-4H3/t11-,21?/m0/s1. The lowest BCUT2D eigenvalue weighted by molar-refractivity contribution is 0.531. The zero-order chi connectivity index (χ0) is 15.5. The van der Waals surface area contributed by atoms with E-state index >= 15 is 0 Å². The number of nitrogens with one attached hydrogen (secondary N) is 1. The molecule has 0 saturated carbocycles. The first-order valence-electron chi connectivity index (χ1n) is 6.78. The van der Waals surface area contributed by atoms with Crippen molar-refractivity contribution in [1.82, 2.24) is 19.7 Å². The Morgan fingerprint density at radius 1 is 1.19 bits per heavy atom. The van der Waals surface area contributed by atoms with Gasteiger partial charge in [-0.3, -0.25) is 4.98 Å². The summed E-state index contributed by atoms with van der Waals surface area (Å²) in [7, 11) is 0. The molecule has 5 nitrogen and oxygen atoms in total. The van der Waals surface area contributed by atoms with Gasteiger partial charge in [0.1, 0.15) is 4.75 Å². The molecule has 112 valence electrons. The number of rotatable bonds is 4. The van der Waals surface area contributed by atoms with E-state index in [1.165, 1.54) is 0 Å². The minimum atomic E-state index is -1.13. The molecule has 0 aromatic carbocycles. The van der Waals surface area contributed by atoms with Crippen molar-refractivity contribution < 1.29 is 4.55 Å². The van der Waals surface area contributed by atoms with Crippen LogP contribution in [0.5, 0.6) is 0 Å². The Bertz CT molecular complexity index is 586. The maximum absolute atomic E-state index is 12.2. The SMILES string of the molecule is C[C@H](N[S+]([O-])C(C)(C)C)c1cncc(-c2ncccn2)c1. The van der Waals surface area contributed by atoms with E-state index in [4.69, 9.17) is 0 Å². The van der Waals surface area contributed by atoms with Gasteiger partial charge in [-0.2, -0.15) is 0 Å². The molecule has 0 saturated heterocycles. The molecule has 0 bridgehead atoms. The average molecular weight is 304 g/mol. The van der Waals surface area contributed by atoms with E-state index in [1.807, 2.05) is 33.8 Å². The summed E-state index contributed by atoms with van der Waals surface area (Å²) in [5.41, 5.74) is 1.81. The fourth-order valence-corrected chi connectivity index (χ4v) is 2.48. The van der Waals surface area contributed by atoms with Gasteiger partial charge >= 0.3 is 0 Å². The number of hydrogen-bond donors (Lipinski definition) is 1. The molecule has 0 aliphatic heterocycles. The van der Waals surface area contributed by atoms with Crippen LogP contribution >= 0.6 is 0 Å². The summed E-state index contributed by atoms with van der Waals surface area (Å²) in [6, 6.07) is 3.68. The zero-order valence-electron chi connectivity index (χ0n) is 12.7. The van der Waals surface area contributed by atoms with Gasteiger partial charge in [-0.25, -0.2) is 9.97 Å². The lowest BCUT2D eigenvalue weighted by atomic mass is 10.1. The smallest absolute Gasteiger partial charge is 0.160 e. The maximum atomic E-state index is 12.2. The Kier molecular flexibility index (Phi) is 4.92. The summed E-state index contributed by atoms with van der Waals surface area (Å²) in [5, 5.41) is 0. The molecule has 0 aliphatic rings. The molecule has 1 N–H and O–H groups in total. The molecule has 2 atom stereocenters. The molecule has 0 fully saturated rings. The van der Waals surface area contributed by atoms with Gasteiger partial charge in [-0.1, -0.05) is 0 Å². The summed E-state index contributed by atoms with van der Waals surface area (Å²) in [5.74, 6) is 0.635. The lowest BCUT2D eigenvalue weighted by Crippen LogP contribution is -2.40. The summed E-state index contributed by atoms with van der Waals surface area (Å²) >= 11 is -1.13. The normalized spacial score (nSPS) is 14.7. The predicted octanol–water partition coefficient (Wildman–Crippen LogP) is 2.65. The van der Waals surface area contributed by atoms with E-state index in [-0.39, 0.29) is 10.8 Å². The number of aromatic nitrogens is 3. The van der Waals surface area contributed by atoms with Crippen LogP contribution < -0.4 is 4.72 Å². The van der Waals surface area contributed by atoms with E-state index in [1.54, 1.807) is 30.9 Å². The van der Waals surface area contributed by atoms with Crippen LogP contribution in [0.3, 0.4) is 0 Å². The average Bonchev–Trinajstić information content (AvgIpc) is 2.47. The van der Waals surface area contributed by atoms with E-state index in [2.05, 4.69) is 19.7 Å². The van der Waals surface area contributed by atoms with Crippen LogP contribution in [0.15, 0.2) is 36.9 Å². The number of nitrogens with zero attached hydrogens (tertiary/aromatic N) is 3. The molecule has 0 spiro atoms. The Morgan fingerprint density at radius 3 is 2.48 bits per heavy atom. The molecule has 0 aliphatic carbocycles. The second-order valence-electron chi connectivity index (χ2n) is 5.80. The topological polar surface area (TPSA) is 73.8 Å². The van der Waals surface area contributed by atoms with Gasteiger partial charge in [0.25, 0.3) is 0 Å². The van der Waals surface area contributed by atoms with Crippen molar-refractivity contribution in [1.29, 1.82) is 0 Å². The van der Waals surface area contributed by atoms with Gasteiger partial charge < -0.3 is 4.55 Å². The Balaban J connectivity index is 2.18. The quantitative estimate of drug-likeness (QED) is 0.879. The molecule has 2 rings (SSSR count). The predicted molar refractivity (Wildman–Crippen MR) is 84.7 cm³/mol. The first-order chi connectivity index (χ1) is 9.88. The van der Waals surface area contributed by atoms with Crippen molar-refractivity contribution in [3.05, 3.63) is 42.5 Å². The van der Waals surface area contributed by atoms with Gasteiger partial charge in [0, 0.05) is 41.7 Å². The van der Waals surface area contributed by atoms with E-state index in [0.717, 1.165) is 11.1 Å². The Morgan fingerprint density at radius 2 is 1.86 bits per heavy atom. The molecular weight excluding hydrogens is 284 g/mol. The second-order valence-corrected chi connectivity index (χ2v) is 7.80. The largest absolute Gasteiger partial charge is 0.598 e. The minimum Gasteiger partial charge on any atom is -0.598 e. The van der Waals surface area contributed by atoms with Crippen LogP contribution in [0, 0.1) is 0 Å². The van der Waals surface area contributed by atoms with Crippen molar-refractivity contribution in [2.45, 2.75) is 38.5 Å². The number of pyridine rings is 1. The first-order valence-corrected chi connectivity index (χ1v) is 7.93. The van der Waals surface area contributed by atoms with Gasteiger partial charge in [0.05, 0.1) is 6.04 Å². The van der Waals surface area contributed by atoms with Crippen molar-refractivity contribution in [3.63, 3.8) is 0 Å².